The summed E-state index contributed by atoms with van der Waals surface area (Å²) < 4.78 is 0. The van der Waals surface area contributed by atoms with Crippen LogP contribution in [0.5, 0.6) is 0 Å². The second-order valence-electron chi connectivity index (χ2n) is 7.76. The Balaban J connectivity index is 1.43. The summed E-state index contributed by atoms with van der Waals surface area (Å²) in [6.07, 6.45) is 0. The number of rotatable bonds is 6. The van der Waals surface area contributed by atoms with Gasteiger partial charge in [0.15, 0.2) is 0 Å². The lowest BCUT2D eigenvalue weighted by molar-refractivity contribution is -0.130. The fraction of sp³-hybridized carbons (Fsp3) is 0.240. The molecular formula is C25H24Cl3N3O. The molecule has 0 saturated carbocycles. The van der Waals surface area contributed by atoms with Crippen molar-refractivity contribution in [2.75, 3.05) is 42.5 Å². The Morgan fingerprint density at radius 3 is 2.19 bits per heavy atom. The van der Waals surface area contributed by atoms with Gasteiger partial charge in [-0.25, -0.2) is 0 Å². The largest absolute Gasteiger partial charge is 0.367 e. The van der Waals surface area contributed by atoms with Crippen molar-refractivity contribution in [3.8, 4) is 0 Å². The molecule has 3 aromatic carbocycles. The van der Waals surface area contributed by atoms with E-state index >= 15 is 0 Å². The van der Waals surface area contributed by atoms with Gasteiger partial charge in [-0.1, -0.05) is 71.2 Å². The van der Waals surface area contributed by atoms with Gasteiger partial charge in [0.05, 0.1) is 22.3 Å². The highest BCUT2D eigenvalue weighted by Gasteiger charge is 2.24. The third-order valence-electron chi connectivity index (χ3n) is 5.64. The van der Waals surface area contributed by atoms with Gasteiger partial charge in [-0.2, -0.15) is 0 Å². The maximum Gasteiger partial charge on any atom is 0.242 e. The maximum absolute atomic E-state index is 13.2. The molecule has 1 amide bonds. The third-order valence-corrected chi connectivity index (χ3v) is 6.70. The molecule has 1 fully saturated rings. The molecule has 4 rings (SSSR count). The fourth-order valence-electron chi connectivity index (χ4n) is 3.89. The van der Waals surface area contributed by atoms with Crippen molar-refractivity contribution in [3.05, 3.63) is 93.4 Å². The zero-order valence-electron chi connectivity index (χ0n) is 17.6. The predicted molar refractivity (Wildman–Crippen MR) is 134 cm³/mol. The molecule has 1 aliphatic rings. The van der Waals surface area contributed by atoms with Crippen LogP contribution in [0.3, 0.4) is 0 Å². The van der Waals surface area contributed by atoms with E-state index in [4.69, 9.17) is 34.8 Å². The minimum Gasteiger partial charge on any atom is -0.367 e. The SMILES string of the molecule is O=C(CN(Cc1ccccc1)c1ccc(Cl)cc1)N1CCN(c2cccc(Cl)c2Cl)CC1. The minimum atomic E-state index is 0.104. The van der Waals surface area contributed by atoms with Crippen LogP contribution in [0.25, 0.3) is 0 Å². The van der Waals surface area contributed by atoms with Crippen LogP contribution in [-0.2, 0) is 11.3 Å². The van der Waals surface area contributed by atoms with Gasteiger partial charge in [-0.05, 0) is 42.0 Å². The average Bonchev–Trinajstić information content (AvgIpc) is 2.82. The lowest BCUT2D eigenvalue weighted by atomic mass is 10.2. The molecule has 0 bridgehead atoms. The zero-order chi connectivity index (χ0) is 22.5. The molecule has 0 unspecified atom stereocenters. The average molecular weight is 489 g/mol. The Morgan fingerprint density at radius 2 is 1.50 bits per heavy atom. The van der Waals surface area contributed by atoms with Crippen molar-refractivity contribution in [2.24, 2.45) is 0 Å². The normalized spacial score (nSPS) is 13.8. The number of piperazine rings is 1. The van der Waals surface area contributed by atoms with Crippen molar-refractivity contribution in [3.63, 3.8) is 0 Å². The van der Waals surface area contributed by atoms with Gasteiger partial charge in [0.2, 0.25) is 5.91 Å². The first-order chi connectivity index (χ1) is 15.5. The summed E-state index contributed by atoms with van der Waals surface area (Å²) in [6, 6.07) is 23.4. The monoisotopic (exact) mass is 487 g/mol. The molecule has 32 heavy (non-hydrogen) atoms. The van der Waals surface area contributed by atoms with E-state index in [1.807, 2.05) is 59.5 Å². The van der Waals surface area contributed by atoms with Crippen molar-refractivity contribution in [1.82, 2.24) is 4.90 Å². The van der Waals surface area contributed by atoms with Crippen LogP contribution in [-0.4, -0.2) is 43.5 Å². The van der Waals surface area contributed by atoms with Crippen molar-refractivity contribution >= 4 is 52.1 Å². The molecule has 0 aromatic heterocycles. The first-order valence-corrected chi connectivity index (χ1v) is 11.7. The fourth-order valence-corrected chi connectivity index (χ4v) is 4.43. The second kappa shape index (κ2) is 10.5. The summed E-state index contributed by atoms with van der Waals surface area (Å²) in [5.74, 6) is 0.104. The Hall–Kier alpha value is -2.40. The van der Waals surface area contributed by atoms with E-state index in [-0.39, 0.29) is 5.91 Å². The number of amides is 1. The van der Waals surface area contributed by atoms with E-state index in [0.717, 1.165) is 16.9 Å². The Bertz CT molecular complexity index is 1050. The van der Waals surface area contributed by atoms with E-state index < -0.39 is 0 Å². The first-order valence-electron chi connectivity index (χ1n) is 10.5. The van der Waals surface area contributed by atoms with E-state index in [2.05, 4.69) is 21.9 Å². The number of carbonyl (C=O) groups excluding carboxylic acids is 1. The maximum atomic E-state index is 13.2. The van der Waals surface area contributed by atoms with Crippen LogP contribution in [0.15, 0.2) is 72.8 Å². The molecule has 7 heteroatoms. The first kappa shape index (κ1) is 22.8. The topological polar surface area (TPSA) is 26.8 Å². The van der Waals surface area contributed by atoms with Gasteiger partial charge in [-0.15, -0.1) is 0 Å². The molecular weight excluding hydrogens is 465 g/mol. The Labute approximate surface area is 203 Å². The standard InChI is InChI=1S/C25H24Cl3N3O/c26-20-9-11-21(12-10-20)31(17-19-5-2-1-3-6-19)18-24(32)30-15-13-29(14-16-30)23-8-4-7-22(27)25(23)28/h1-12H,13-18H2. The number of hydrogen-bond acceptors (Lipinski definition) is 3. The van der Waals surface area contributed by atoms with Crippen molar-refractivity contribution in [2.45, 2.75) is 6.54 Å². The highest BCUT2D eigenvalue weighted by Crippen LogP contribution is 2.33. The summed E-state index contributed by atoms with van der Waals surface area (Å²) in [4.78, 5) is 19.4. The molecule has 0 atom stereocenters. The van der Waals surface area contributed by atoms with Crippen LogP contribution in [0.1, 0.15) is 5.56 Å². The molecule has 1 heterocycles. The molecule has 3 aromatic rings. The van der Waals surface area contributed by atoms with E-state index in [1.165, 1.54) is 0 Å². The quantitative estimate of drug-likeness (QED) is 0.426. The van der Waals surface area contributed by atoms with E-state index in [1.54, 1.807) is 6.07 Å². The number of anilines is 2. The minimum absolute atomic E-state index is 0.104. The van der Waals surface area contributed by atoms with Gasteiger partial charge < -0.3 is 14.7 Å². The molecule has 0 aliphatic carbocycles. The smallest absolute Gasteiger partial charge is 0.242 e. The predicted octanol–water partition coefficient (Wildman–Crippen LogP) is 6.00. The summed E-state index contributed by atoms with van der Waals surface area (Å²) >= 11 is 18.6. The molecule has 166 valence electrons. The van der Waals surface area contributed by atoms with Crippen LogP contribution < -0.4 is 9.80 Å². The van der Waals surface area contributed by atoms with Crippen LogP contribution in [0.4, 0.5) is 11.4 Å². The van der Waals surface area contributed by atoms with Crippen LogP contribution in [0.2, 0.25) is 15.1 Å². The lowest BCUT2D eigenvalue weighted by Crippen LogP contribution is -2.51. The zero-order valence-corrected chi connectivity index (χ0v) is 19.8. The summed E-state index contributed by atoms with van der Waals surface area (Å²) in [5.41, 5.74) is 3.03. The number of hydrogen-bond donors (Lipinski definition) is 0. The number of carbonyl (C=O) groups is 1. The summed E-state index contributed by atoms with van der Waals surface area (Å²) in [5, 5.41) is 1.78. The summed E-state index contributed by atoms with van der Waals surface area (Å²) in [7, 11) is 0. The summed E-state index contributed by atoms with van der Waals surface area (Å²) in [6.45, 7) is 3.65. The van der Waals surface area contributed by atoms with E-state index in [9.17, 15) is 4.79 Å². The van der Waals surface area contributed by atoms with E-state index in [0.29, 0.717) is 54.3 Å². The van der Waals surface area contributed by atoms with Crippen molar-refractivity contribution < 1.29 is 4.79 Å². The number of benzene rings is 3. The molecule has 1 saturated heterocycles. The Kier molecular flexibility index (Phi) is 7.46. The number of halogens is 3. The molecule has 0 spiro atoms. The van der Waals surface area contributed by atoms with Gasteiger partial charge >= 0.3 is 0 Å². The Morgan fingerprint density at radius 1 is 0.812 bits per heavy atom. The highest BCUT2D eigenvalue weighted by atomic mass is 35.5. The molecule has 4 nitrogen and oxygen atoms in total. The number of nitrogens with zero attached hydrogens (tertiary/aromatic N) is 3. The second-order valence-corrected chi connectivity index (χ2v) is 8.98. The van der Waals surface area contributed by atoms with Crippen LogP contribution in [0, 0.1) is 0 Å². The molecule has 0 radical (unpaired) electrons. The van der Waals surface area contributed by atoms with Gasteiger partial charge in [0, 0.05) is 43.4 Å². The van der Waals surface area contributed by atoms with Gasteiger partial charge in [0.1, 0.15) is 0 Å². The van der Waals surface area contributed by atoms with Crippen LogP contribution >= 0.6 is 34.8 Å². The molecule has 1 aliphatic heterocycles. The third kappa shape index (κ3) is 5.50. The lowest BCUT2D eigenvalue weighted by Gasteiger charge is -2.37. The van der Waals surface area contributed by atoms with Gasteiger partial charge in [-0.3, -0.25) is 4.79 Å². The van der Waals surface area contributed by atoms with Crippen molar-refractivity contribution in [1.29, 1.82) is 0 Å². The highest BCUT2D eigenvalue weighted by molar-refractivity contribution is 6.43. The molecule has 0 N–H and O–H groups in total. The van der Waals surface area contributed by atoms with Gasteiger partial charge in [0.25, 0.3) is 0 Å².